The van der Waals surface area contributed by atoms with Crippen molar-refractivity contribution in [1.29, 1.82) is 0 Å². The third-order valence-corrected chi connectivity index (χ3v) is 10.5. The molecule has 0 bridgehead atoms. The third kappa shape index (κ3) is 5.82. The molecule has 2 N–H and O–H groups in total. The molecule has 0 amide bonds. The van der Waals surface area contributed by atoms with Gasteiger partial charge in [-0.05, 0) is 88.6 Å². The zero-order valence-corrected chi connectivity index (χ0v) is 26.5. The number of rotatable bonds is 11. The average Bonchev–Trinajstić information content (AvgIpc) is 3.62. The Bertz CT molecular complexity index is 1490. The van der Waals surface area contributed by atoms with Gasteiger partial charge in [0.2, 0.25) is 0 Å². The predicted octanol–water partition coefficient (Wildman–Crippen LogP) is 5.77. The highest BCUT2D eigenvalue weighted by atomic mass is 35.5. The van der Waals surface area contributed by atoms with Crippen LogP contribution in [-0.4, -0.2) is 88.7 Å². The van der Waals surface area contributed by atoms with Gasteiger partial charge in [0, 0.05) is 49.0 Å². The first-order valence-corrected chi connectivity index (χ1v) is 16.3. The summed E-state index contributed by atoms with van der Waals surface area (Å²) < 4.78 is 28.3. The van der Waals surface area contributed by atoms with Gasteiger partial charge in [-0.25, -0.2) is 4.39 Å². The molecule has 3 fully saturated rings. The second-order valence-electron chi connectivity index (χ2n) is 12.8. The highest BCUT2D eigenvalue weighted by Gasteiger charge is 2.45. The Hall–Kier alpha value is -2.79. The minimum atomic E-state index is -0.617. The molecular formula is C33H43ClFN5O4. The molecular weight excluding hydrogens is 585 g/mol. The average molecular weight is 628 g/mol. The van der Waals surface area contributed by atoms with Crippen LogP contribution in [0.5, 0.6) is 11.8 Å². The molecule has 238 valence electrons. The third-order valence-electron chi connectivity index (χ3n) is 10.2. The Balaban J connectivity index is 1.45. The summed E-state index contributed by atoms with van der Waals surface area (Å²) in [7, 11) is 1.63. The number of pyridine rings is 1. The van der Waals surface area contributed by atoms with E-state index in [1.54, 1.807) is 13.3 Å². The number of piperidine rings is 1. The van der Waals surface area contributed by atoms with Gasteiger partial charge in [-0.2, -0.15) is 9.97 Å². The van der Waals surface area contributed by atoms with Crippen LogP contribution in [0, 0.1) is 11.2 Å². The Kier molecular flexibility index (Phi) is 9.15. The predicted molar refractivity (Wildman–Crippen MR) is 169 cm³/mol. The van der Waals surface area contributed by atoms with Crippen molar-refractivity contribution in [3.8, 4) is 23.0 Å². The number of halogens is 2. The van der Waals surface area contributed by atoms with Gasteiger partial charge in [-0.3, -0.25) is 9.88 Å². The molecule has 1 aromatic carbocycles. The molecule has 0 radical (unpaired) electrons. The molecule has 0 spiro atoms. The summed E-state index contributed by atoms with van der Waals surface area (Å²) in [6.45, 7) is 6.61. The van der Waals surface area contributed by atoms with E-state index < -0.39 is 5.82 Å². The highest BCUT2D eigenvalue weighted by Crippen LogP contribution is 2.42. The quantitative estimate of drug-likeness (QED) is 0.257. The molecule has 1 unspecified atom stereocenters. The van der Waals surface area contributed by atoms with Crippen LogP contribution in [0.3, 0.4) is 0 Å². The smallest absolute Gasteiger partial charge is 0.319 e. The summed E-state index contributed by atoms with van der Waals surface area (Å²) in [5.74, 6) is -0.122. The molecule has 3 aliphatic heterocycles. The fourth-order valence-corrected chi connectivity index (χ4v) is 7.88. The lowest BCUT2D eigenvalue weighted by atomic mass is 9.78. The van der Waals surface area contributed by atoms with Crippen molar-refractivity contribution in [2.45, 2.75) is 70.3 Å². The van der Waals surface area contributed by atoms with Crippen molar-refractivity contribution in [1.82, 2.24) is 19.9 Å². The van der Waals surface area contributed by atoms with Gasteiger partial charge >= 0.3 is 6.01 Å². The van der Waals surface area contributed by atoms with Crippen molar-refractivity contribution in [2.24, 2.45) is 5.41 Å². The molecule has 11 heteroatoms. The molecule has 2 aromatic heterocycles. The number of benzene rings is 1. The number of nitrogens with zero attached hydrogens (tertiary/aromatic N) is 5. The first-order chi connectivity index (χ1) is 21.3. The highest BCUT2D eigenvalue weighted by molar-refractivity contribution is 6.32. The lowest BCUT2D eigenvalue weighted by Crippen LogP contribution is -2.45. The number of hydrogen-bond donors (Lipinski definition) is 2. The van der Waals surface area contributed by atoms with E-state index in [1.165, 1.54) is 12.1 Å². The SMILES string of the molecule is CCC1(CO)CCCN(c2nc(OCC34CCCN3CCC4)nc3c(F)c(-c4cc(O)cc(Cl)c4CCCOC)ncc23)C1. The van der Waals surface area contributed by atoms with Crippen LogP contribution in [0.15, 0.2) is 18.3 Å². The van der Waals surface area contributed by atoms with Crippen LogP contribution >= 0.6 is 11.6 Å². The van der Waals surface area contributed by atoms with E-state index in [1.807, 2.05) is 0 Å². The van der Waals surface area contributed by atoms with Gasteiger partial charge in [0.15, 0.2) is 5.82 Å². The van der Waals surface area contributed by atoms with Crippen molar-refractivity contribution in [3.05, 3.63) is 34.7 Å². The number of fused-ring (bicyclic) bond motifs is 2. The Morgan fingerprint density at radius 2 is 1.86 bits per heavy atom. The lowest BCUT2D eigenvalue weighted by molar-refractivity contribution is 0.100. The molecule has 5 heterocycles. The van der Waals surface area contributed by atoms with E-state index >= 15 is 4.39 Å². The summed E-state index contributed by atoms with van der Waals surface area (Å²) in [6.07, 6.45) is 9.86. The first kappa shape index (κ1) is 31.2. The van der Waals surface area contributed by atoms with Crippen LogP contribution in [0.4, 0.5) is 10.2 Å². The molecule has 0 aliphatic carbocycles. The topological polar surface area (TPSA) is 104 Å². The largest absolute Gasteiger partial charge is 0.508 e. The van der Waals surface area contributed by atoms with Gasteiger partial charge in [-0.1, -0.05) is 18.5 Å². The normalized spacial score (nSPS) is 21.7. The maximum atomic E-state index is 16.7. The minimum Gasteiger partial charge on any atom is -0.508 e. The monoisotopic (exact) mass is 627 g/mol. The van der Waals surface area contributed by atoms with Crippen LogP contribution < -0.4 is 9.64 Å². The number of anilines is 1. The number of aromatic nitrogens is 3. The van der Waals surface area contributed by atoms with E-state index in [9.17, 15) is 10.2 Å². The second kappa shape index (κ2) is 12.9. The molecule has 6 rings (SSSR count). The van der Waals surface area contributed by atoms with E-state index in [-0.39, 0.29) is 40.5 Å². The number of ether oxygens (including phenoxy) is 2. The minimum absolute atomic E-state index is 0.0186. The lowest BCUT2D eigenvalue weighted by Gasteiger charge is -2.42. The maximum Gasteiger partial charge on any atom is 0.319 e. The number of phenols is 1. The molecule has 3 aromatic rings. The number of phenolic OH excluding ortho intramolecular Hbond substituents is 1. The van der Waals surface area contributed by atoms with Crippen molar-refractivity contribution in [3.63, 3.8) is 0 Å². The van der Waals surface area contributed by atoms with Crippen molar-refractivity contribution < 1.29 is 24.1 Å². The van der Waals surface area contributed by atoms with E-state index in [0.717, 1.165) is 64.6 Å². The summed E-state index contributed by atoms with van der Waals surface area (Å²) >= 11 is 6.56. The van der Waals surface area contributed by atoms with Crippen LogP contribution in [0.25, 0.3) is 22.2 Å². The first-order valence-electron chi connectivity index (χ1n) is 15.9. The summed E-state index contributed by atoms with van der Waals surface area (Å²) in [5.41, 5.74) is 1.00. The van der Waals surface area contributed by atoms with E-state index in [2.05, 4.69) is 26.7 Å². The van der Waals surface area contributed by atoms with Crippen molar-refractivity contribution >= 4 is 28.3 Å². The maximum absolute atomic E-state index is 16.7. The summed E-state index contributed by atoms with van der Waals surface area (Å²) in [4.78, 5) is 18.8. The van der Waals surface area contributed by atoms with Crippen LogP contribution in [-0.2, 0) is 11.2 Å². The fourth-order valence-electron chi connectivity index (χ4n) is 7.57. The standard InChI is InChI=1S/C33H43ClFN5O4/c1-3-32(20-41)9-5-12-39(19-32)30-25-18-36-28(24-16-22(42)17-26(34)23(24)8-4-15-43-2)27(35)29(25)37-31(38-30)44-21-33-10-6-13-40(33)14-7-11-33/h16-18,41-42H,3-15,19-21H2,1-2H3. The number of aliphatic hydroxyl groups excluding tert-OH is 1. The van der Waals surface area contributed by atoms with Crippen LogP contribution in [0.2, 0.25) is 5.02 Å². The summed E-state index contributed by atoms with van der Waals surface area (Å²) in [5, 5.41) is 21.6. The zero-order valence-electron chi connectivity index (χ0n) is 25.7. The van der Waals surface area contributed by atoms with Gasteiger partial charge < -0.3 is 24.6 Å². The molecule has 9 nitrogen and oxygen atoms in total. The zero-order chi connectivity index (χ0) is 30.9. The van der Waals surface area contributed by atoms with Gasteiger partial charge in [0.05, 0.1) is 17.5 Å². The Morgan fingerprint density at radius 1 is 1.09 bits per heavy atom. The second-order valence-corrected chi connectivity index (χ2v) is 13.2. The van der Waals surface area contributed by atoms with Crippen molar-refractivity contribution in [2.75, 3.05) is 58.0 Å². The molecule has 44 heavy (non-hydrogen) atoms. The van der Waals surface area contributed by atoms with E-state index in [4.69, 9.17) is 26.1 Å². The van der Waals surface area contributed by atoms with Crippen LogP contribution in [0.1, 0.15) is 63.9 Å². The Morgan fingerprint density at radius 3 is 2.59 bits per heavy atom. The molecule has 0 saturated carbocycles. The molecule has 3 saturated heterocycles. The molecule has 1 atom stereocenters. The van der Waals surface area contributed by atoms with Gasteiger partial charge in [-0.15, -0.1) is 0 Å². The number of methoxy groups -OCH3 is 1. The van der Waals surface area contributed by atoms with E-state index in [0.29, 0.717) is 60.0 Å². The fraction of sp³-hybridized carbons (Fsp3) is 0.606. The summed E-state index contributed by atoms with van der Waals surface area (Å²) in [6, 6.07) is 3.10. The Labute approximate surface area is 263 Å². The van der Waals surface area contributed by atoms with Gasteiger partial charge in [0.25, 0.3) is 0 Å². The number of aromatic hydroxyl groups is 1. The number of hydrogen-bond acceptors (Lipinski definition) is 9. The number of aliphatic hydroxyl groups is 1. The van der Waals surface area contributed by atoms with Gasteiger partial charge in [0.1, 0.15) is 29.4 Å². The molecule has 3 aliphatic rings.